The molecule has 0 fully saturated rings. The highest BCUT2D eigenvalue weighted by Gasteiger charge is 2.17. The number of nitrogens with zero attached hydrogens (tertiary/aromatic N) is 2. The lowest BCUT2D eigenvalue weighted by atomic mass is 10.1. The van der Waals surface area contributed by atoms with Crippen molar-refractivity contribution < 1.29 is 14.3 Å². The third kappa shape index (κ3) is 4.95. The summed E-state index contributed by atoms with van der Waals surface area (Å²) in [5.74, 6) is -0.617. The van der Waals surface area contributed by atoms with Crippen molar-refractivity contribution in [1.82, 2.24) is 9.97 Å². The first-order chi connectivity index (χ1) is 14.0. The van der Waals surface area contributed by atoms with Crippen LogP contribution >= 0.6 is 0 Å². The van der Waals surface area contributed by atoms with Crippen LogP contribution in [0.25, 0.3) is 0 Å². The van der Waals surface area contributed by atoms with Gasteiger partial charge in [0.2, 0.25) is 5.95 Å². The van der Waals surface area contributed by atoms with Gasteiger partial charge in [-0.2, -0.15) is 0 Å². The summed E-state index contributed by atoms with van der Waals surface area (Å²) in [5, 5.41) is 5.94. The summed E-state index contributed by atoms with van der Waals surface area (Å²) in [6, 6.07) is 18.1. The summed E-state index contributed by atoms with van der Waals surface area (Å²) in [4.78, 5) is 33.4. The number of para-hydroxylation sites is 1. The molecule has 0 saturated carbocycles. The van der Waals surface area contributed by atoms with Crippen molar-refractivity contribution >= 4 is 23.5 Å². The lowest BCUT2D eigenvalue weighted by molar-refractivity contribution is 0.0602. The van der Waals surface area contributed by atoms with Crippen LogP contribution in [-0.4, -0.2) is 29.0 Å². The fraction of sp³-hybridized carbons (Fsp3) is 0.182. The van der Waals surface area contributed by atoms with Gasteiger partial charge >= 0.3 is 5.97 Å². The number of methoxy groups -OCH3 is 1. The second-order valence-electron chi connectivity index (χ2n) is 6.49. The Hall–Kier alpha value is -3.74. The average molecular weight is 390 g/mol. The number of aryl methyl sites for hydroxylation is 1. The molecule has 0 aliphatic rings. The highest BCUT2D eigenvalue weighted by molar-refractivity contribution is 6.07. The van der Waals surface area contributed by atoms with Crippen molar-refractivity contribution in [3.05, 3.63) is 83.2 Å². The third-order valence-corrected chi connectivity index (χ3v) is 4.31. The SMILES string of the molecule is COC(=O)c1ccccc1NC(=O)c1cc(C)nc(NC(C)c2ccccc2)n1. The predicted octanol–water partition coefficient (Wildman–Crippen LogP) is 4.00. The monoisotopic (exact) mass is 390 g/mol. The number of ether oxygens (including phenoxy) is 1. The van der Waals surface area contributed by atoms with Crippen LogP contribution in [0.3, 0.4) is 0 Å². The van der Waals surface area contributed by atoms with E-state index in [1.807, 2.05) is 37.3 Å². The fourth-order valence-corrected chi connectivity index (χ4v) is 2.83. The molecule has 0 spiro atoms. The van der Waals surface area contributed by atoms with Crippen molar-refractivity contribution in [2.24, 2.45) is 0 Å². The van der Waals surface area contributed by atoms with E-state index in [2.05, 4.69) is 20.6 Å². The molecule has 29 heavy (non-hydrogen) atoms. The van der Waals surface area contributed by atoms with Crippen LogP contribution < -0.4 is 10.6 Å². The maximum absolute atomic E-state index is 12.8. The van der Waals surface area contributed by atoms with E-state index >= 15 is 0 Å². The summed E-state index contributed by atoms with van der Waals surface area (Å²) in [6.07, 6.45) is 0. The Morgan fingerprint density at radius 1 is 1.00 bits per heavy atom. The van der Waals surface area contributed by atoms with Crippen LogP contribution in [-0.2, 0) is 4.74 Å². The molecule has 0 saturated heterocycles. The molecule has 7 heteroatoms. The van der Waals surface area contributed by atoms with Gasteiger partial charge in [0, 0.05) is 5.69 Å². The van der Waals surface area contributed by atoms with Gasteiger partial charge in [-0.15, -0.1) is 0 Å². The van der Waals surface area contributed by atoms with E-state index in [1.54, 1.807) is 37.3 Å². The largest absolute Gasteiger partial charge is 0.465 e. The molecule has 1 atom stereocenters. The molecule has 1 amide bonds. The third-order valence-electron chi connectivity index (χ3n) is 4.31. The molecule has 0 aliphatic carbocycles. The highest BCUT2D eigenvalue weighted by atomic mass is 16.5. The minimum atomic E-state index is -0.529. The molecule has 3 rings (SSSR count). The van der Waals surface area contributed by atoms with Crippen LogP contribution in [0.5, 0.6) is 0 Å². The first kappa shape index (κ1) is 20.0. The Balaban J connectivity index is 1.81. The summed E-state index contributed by atoms with van der Waals surface area (Å²) in [6.45, 7) is 3.78. The van der Waals surface area contributed by atoms with Gasteiger partial charge in [0.05, 0.1) is 24.4 Å². The second kappa shape index (κ2) is 8.97. The average Bonchev–Trinajstić information content (AvgIpc) is 2.73. The zero-order valence-electron chi connectivity index (χ0n) is 16.5. The van der Waals surface area contributed by atoms with Crippen molar-refractivity contribution in [3.8, 4) is 0 Å². The van der Waals surface area contributed by atoms with Crippen LogP contribution in [0.4, 0.5) is 11.6 Å². The van der Waals surface area contributed by atoms with E-state index in [0.29, 0.717) is 17.3 Å². The molecule has 2 aromatic carbocycles. The standard InChI is InChI=1S/C22H22N4O3/c1-14-13-19(20(27)25-18-12-8-7-11-17(18)21(28)29-3)26-22(23-14)24-15(2)16-9-5-4-6-10-16/h4-13,15H,1-3H3,(H,25,27)(H,23,24,26). The van der Waals surface area contributed by atoms with Gasteiger partial charge in [-0.1, -0.05) is 42.5 Å². The Kier molecular flexibility index (Phi) is 6.19. The zero-order chi connectivity index (χ0) is 20.8. The van der Waals surface area contributed by atoms with E-state index in [1.165, 1.54) is 7.11 Å². The molecule has 7 nitrogen and oxygen atoms in total. The van der Waals surface area contributed by atoms with Crippen LogP contribution in [0, 0.1) is 6.92 Å². The maximum atomic E-state index is 12.8. The van der Waals surface area contributed by atoms with Crippen molar-refractivity contribution in [3.63, 3.8) is 0 Å². The van der Waals surface area contributed by atoms with Crippen LogP contribution in [0.15, 0.2) is 60.7 Å². The zero-order valence-corrected chi connectivity index (χ0v) is 16.5. The molecule has 1 aromatic heterocycles. The lowest BCUT2D eigenvalue weighted by Gasteiger charge is -2.15. The predicted molar refractivity (Wildman–Crippen MR) is 111 cm³/mol. The van der Waals surface area contributed by atoms with Crippen LogP contribution in [0.2, 0.25) is 0 Å². The van der Waals surface area contributed by atoms with E-state index in [4.69, 9.17) is 4.74 Å². The van der Waals surface area contributed by atoms with E-state index in [9.17, 15) is 9.59 Å². The number of hydrogen-bond acceptors (Lipinski definition) is 6. The smallest absolute Gasteiger partial charge is 0.339 e. The molecular weight excluding hydrogens is 368 g/mol. The number of hydrogen-bond donors (Lipinski definition) is 2. The molecular formula is C22H22N4O3. The minimum absolute atomic E-state index is 0.0334. The number of carbonyl (C=O) groups excluding carboxylic acids is 2. The topological polar surface area (TPSA) is 93.2 Å². The van der Waals surface area contributed by atoms with Gasteiger partial charge in [0.25, 0.3) is 5.91 Å². The number of anilines is 2. The first-order valence-corrected chi connectivity index (χ1v) is 9.14. The first-order valence-electron chi connectivity index (χ1n) is 9.14. The van der Waals surface area contributed by atoms with Gasteiger partial charge in [-0.25, -0.2) is 14.8 Å². The summed E-state index contributed by atoms with van der Waals surface area (Å²) < 4.78 is 4.76. The summed E-state index contributed by atoms with van der Waals surface area (Å²) in [5.41, 5.74) is 2.54. The number of rotatable bonds is 6. The number of aromatic nitrogens is 2. The Morgan fingerprint density at radius 2 is 1.69 bits per heavy atom. The van der Waals surface area contributed by atoms with E-state index in [-0.39, 0.29) is 17.3 Å². The Morgan fingerprint density at radius 3 is 2.41 bits per heavy atom. The molecule has 148 valence electrons. The number of carbonyl (C=O) groups is 2. The number of benzene rings is 2. The number of esters is 1. The highest BCUT2D eigenvalue weighted by Crippen LogP contribution is 2.19. The van der Waals surface area contributed by atoms with E-state index in [0.717, 1.165) is 5.56 Å². The molecule has 2 N–H and O–H groups in total. The quantitative estimate of drug-likeness (QED) is 0.618. The molecule has 1 heterocycles. The second-order valence-corrected chi connectivity index (χ2v) is 6.49. The molecule has 3 aromatic rings. The van der Waals surface area contributed by atoms with Gasteiger partial charge in [-0.3, -0.25) is 4.79 Å². The van der Waals surface area contributed by atoms with Gasteiger partial charge < -0.3 is 15.4 Å². The lowest BCUT2D eigenvalue weighted by Crippen LogP contribution is -2.18. The van der Waals surface area contributed by atoms with Crippen molar-refractivity contribution in [2.75, 3.05) is 17.7 Å². The number of nitrogens with one attached hydrogen (secondary N) is 2. The molecule has 1 unspecified atom stereocenters. The van der Waals surface area contributed by atoms with E-state index < -0.39 is 11.9 Å². The van der Waals surface area contributed by atoms with Crippen molar-refractivity contribution in [2.45, 2.75) is 19.9 Å². The molecule has 0 radical (unpaired) electrons. The normalized spacial score (nSPS) is 11.4. The minimum Gasteiger partial charge on any atom is -0.465 e. The Bertz CT molecular complexity index is 1020. The molecule has 0 aliphatic heterocycles. The van der Waals surface area contributed by atoms with Crippen molar-refractivity contribution in [1.29, 1.82) is 0 Å². The number of amides is 1. The maximum Gasteiger partial charge on any atom is 0.339 e. The van der Waals surface area contributed by atoms with Crippen LogP contribution in [0.1, 0.15) is 45.1 Å². The van der Waals surface area contributed by atoms with Gasteiger partial charge in [-0.05, 0) is 37.6 Å². The molecule has 0 bridgehead atoms. The summed E-state index contributed by atoms with van der Waals surface area (Å²) >= 11 is 0. The fourth-order valence-electron chi connectivity index (χ4n) is 2.83. The van der Waals surface area contributed by atoms with Gasteiger partial charge in [0.15, 0.2) is 0 Å². The Labute approximate surface area is 169 Å². The van der Waals surface area contributed by atoms with Gasteiger partial charge in [0.1, 0.15) is 5.69 Å². The summed E-state index contributed by atoms with van der Waals surface area (Å²) in [7, 11) is 1.29.